The smallest absolute Gasteiger partial charge is 0.270 e. The summed E-state index contributed by atoms with van der Waals surface area (Å²) in [5.74, 6) is 0.0336. The third kappa shape index (κ3) is 3.66. The van der Waals surface area contributed by atoms with Crippen molar-refractivity contribution in [1.82, 2.24) is 14.8 Å². The molecule has 1 amide bonds. The summed E-state index contributed by atoms with van der Waals surface area (Å²) in [6.45, 7) is 0. The molecule has 0 radical (unpaired) electrons. The second kappa shape index (κ2) is 7.14. The largest absolute Gasteiger partial charge is 0.369 e. The molecule has 3 aromatic rings. The van der Waals surface area contributed by atoms with Crippen LogP contribution in [0.5, 0.6) is 0 Å². The number of non-ortho nitro benzene ring substituents is 1. The number of carbonyl (C=O) groups is 1. The topological polar surface area (TPSA) is 117 Å². The van der Waals surface area contributed by atoms with E-state index < -0.39 is 10.8 Å². The van der Waals surface area contributed by atoms with Gasteiger partial charge in [0.05, 0.1) is 10.7 Å². The summed E-state index contributed by atoms with van der Waals surface area (Å²) in [5.41, 5.74) is 6.50. The van der Waals surface area contributed by atoms with Gasteiger partial charge in [-0.1, -0.05) is 42.1 Å². The van der Waals surface area contributed by atoms with Gasteiger partial charge in [0, 0.05) is 23.4 Å². The van der Waals surface area contributed by atoms with Gasteiger partial charge in [-0.3, -0.25) is 19.5 Å². The number of nitrogens with zero attached hydrogens (tertiary/aromatic N) is 4. The molecule has 0 aliphatic heterocycles. The van der Waals surface area contributed by atoms with Crippen LogP contribution < -0.4 is 5.73 Å². The van der Waals surface area contributed by atoms with Gasteiger partial charge < -0.3 is 5.73 Å². The van der Waals surface area contributed by atoms with Crippen LogP contribution in [0.25, 0.3) is 17.1 Å². The summed E-state index contributed by atoms with van der Waals surface area (Å²) in [6.07, 6.45) is 0. The van der Waals surface area contributed by atoms with Crippen molar-refractivity contribution in [2.75, 3.05) is 5.75 Å². The molecule has 0 unspecified atom stereocenters. The summed E-state index contributed by atoms with van der Waals surface area (Å²) in [7, 11) is 0. The van der Waals surface area contributed by atoms with E-state index in [-0.39, 0.29) is 11.4 Å². The number of benzene rings is 2. The highest BCUT2D eigenvalue weighted by Gasteiger charge is 2.18. The van der Waals surface area contributed by atoms with Crippen molar-refractivity contribution in [2.24, 2.45) is 5.73 Å². The van der Waals surface area contributed by atoms with E-state index in [0.29, 0.717) is 16.5 Å². The van der Waals surface area contributed by atoms with Crippen molar-refractivity contribution >= 4 is 23.4 Å². The molecule has 0 aliphatic rings. The third-order valence-corrected chi connectivity index (χ3v) is 4.26. The van der Waals surface area contributed by atoms with Gasteiger partial charge in [-0.05, 0) is 12.1 Å². The molecular weight excluding hydrogens is 342 g/mol. The molecule has 0 atom stereocenters. The van der Waals surface area contributed by atoms with E-state index in [1.807, 2.05) is 30.3 Å². The molecule has 0 spiro atoms. The lowest BCUT2D eigenvalue weighted by molar-refractivity contribution is -0.384. The summed E-state index contributed by atoms with van der Waals surface area (Å²) in [5, 5.41) is 19.8. The Kier molecular flexibility index (Phi) is 4.75. The van der Waals surface area contributed by atoms with E-state index in [4.69, 9.17) is 5.73 Å². The first-order valence-corrected chi connectivity index (χ1v) is 8.21. The number of nitro benzene ring substituents is 1. The molecule has 25 heavy (non-hydrogen) atoms. The van der Waals surface area contributed by atoms with Gasteiger partial charge in [0.2, 0.25) is 5.91 Å². The highest BCUT2D eigenvalue weighted by molar-refractivity contribution is 7.99. The molecule has 2 aromatic carbocycles. The molecule has 0 bridgehead atoms. The zero-order valence-corrected chi connectivity index (χ0v) is 13.7. The Morgan fingerprint density at radius 1 is 1.16 bits per heavy atom. The molecule has 0 aliphatic carbocycles. The number of hydrogen-bond donors (Lipinski definition) is 1. The van der Waals surface area contributed by atoms with Crippen molar-refractivity contribution in [2.45, 2.75) is 5.16 Å². The lowest BCUT2D eigenvalue weighted by atomic mass is 10.2. The number of aromatic nitrogens is 3. The fraction of sp³-hybridized carbons (Fsp3) is 0.0625. The van der Waals surface area contributed by atoms with Crippen molar-refractivity contribution in [3.05, 3.63) is 64.7 Å². The van der Waals surface area contributed by atoms with Crippen molar-refractivity contribution in [3.8, 4) is 17.1 Å². The SMILES string of the molecule is NC(=O)CSc1nnc(-c2cccc([N+](=O)[O-])c2)n1-c1ccccc1. The number of primary amides is 1. The number of nitrogens with two attached hydrogens (primary N) is 1. The van der Waals surface area contributed by atoms with E-state index in [1.54, 1.807) is 16.7 Å². The summed E-state index contributed by atoms with van der Waals surface area (Å²) >= 11 is 1.16. The second-order valence-corrected chi connectivity index (χ2v) is 5.98. The normalized spacial score (nSPS) is 10.6. The van der Waals surface area contributed by atoms with Crippen LogP contribution in [0.15, 0.2) is 59.8 Å². The van der Waals surface area contributed by atoms with Crippen LogP contribution in [0.3, 0.4) is 0 Å². The Hall–Kier alpha value is -3.20. The zero-order chi connectivity index (χ0) is 17.8. The molecule has 9 heteroatoms. The molecule has 8 nitrogen and oxygen atoms in total. The van der Waals surface area contributed by atoms with Crippen molar-refractivity contribution in [3.63, 3.8) is 0 Å². The summed E-state index contributed by atoms with van der Waals surface area (Å²) in [4.78, 5) is 21.7. The Balaban J connectivity index is 2.12. The third-order valence-electron chi connectivity index (χ3n) is 3.31. The quantitative estimate of drug-likeness (QED) is 0.412. The number of carbonyl (C=O) groups excluding carboxylic acids is 1. The maximum absolute atomic E-state index is 11.1. The van der Waals surface area contributed by atoms with Gasteiger partial charge in [0.15, 0.2) is 11.0 Å². The van der Waals surface area contributed by atoms with E-state index in [0.717, 1.165) is 17.4 Å². The van der Waals surface area contributed by atoms with Crippen LogP contribution in [-0.2, 0) is 4.79 Å². The number of amides is 1. The first-order valence-electron chi connectivity index (χ1n) is 7.23. The van der Waals surface area contributed by atoms with Crippen molar-refractivity contribution < 1.29 is 9.72 Å². The maximum atomic E-state index is 11.1. The number of rotatable bonds is 6. The van der Waals surface area contributed by atoms with Gasteiger partial charge in [-0.2, -0.15) is 0 Å². The number of hydrogen-bond acceptors (Lipinski definition) is 6. The Morgan fingerprint density at radius 2 is 1.92 bits per heavy atom. The van der Waals surface area contributed by atoms with E-state index in [2.05, 4.69) is 10.2 Å². The lowest BCUT2D eigenvalue weighted by Crippen LogP contribution is -2.13. The predicted octanol–water partition coefficient (Wildman–Crippen LogP) is 2.42. The minimum Gasteiger partial charge on any atom is -0.369 e. The first kappa shape index (κ1) is 16.7. The standard InChI is InChI=1S/C16H13N5O3S/c17-14(22)10-25-16-19-18-15(20(16)12-6-2-1-3-7-12)11-5-4-8-13(9-11)21(23)24/h1-9H,10H2,(H2,17,22). The molecule has 1 aromatic heterocycles. The fourth-order valence-corrected chi connectivity index (χ4v) is 2.95. The van der Waals surface area contributed by atoms with Gasteiger partial charge >= 0.3 is 0 Å². The molecule has 126 valence electrons. The van der Waals surface area contributed by atoms with Gasteiger partial charge in [0.25, 0.3) is 5.69 Å². The van der Waals surface area contributed by atoms with Crippen LogP contribution in [0, 0.1) is 10.1 Å². The zero-order valence-electron chi connectivity index (χ0n) is 12.9. The van der Waals surface area contributed by atoms with Crippen LogP contribution >= 0.6 is 11.8 Å². The number of thioether (sulfide) groups is 1. The second-order valence-electron chi connectivity index (χ2n) is 5.04. The Labute approximate surface area is 146 Å². The Bertz CT molecular complexity index is 927. The van der Waals surface area contributed by atoms with Crippen LogP contribution in [-0.4, -0.2) is 31.3 Å². The predicted molar refractivity (Wildman–Crippen MR) is 93.4 cm³/mol. The molecule has 1 heterocycles. The minimum absolute atomic E-state index is 0.0357. The van der Waals surface area contributed by atoms with Crippen LogP contribution in [0.1, 0.15) is 0 Å². The molecular formula is C16H13N5O3S. The molecule has 0 saturated heterocycles. The van der Waals surface area contributed by atoms with E-state index >= 15 is 0 Å². The molecule has 0 fully saturated rings. The van der Waals surface area contributed by atoms with Crippen LogP contribution in [0.2, 0.25) is 0 Å². The summed E-state index contributed by atoms with van der Waals surface area (Å²) < 4.78 is 1.74. The Morgan fingerprint density at radius 3 is 2.60 bits per heavy atom. The highest BCUT2D eigenvalue weighted by Crippen LogP contribution is 2.29. The van der Waals surface area contributed by atoms with E-state index in [1.165, 1.54) is 12.1 Å². The number of nitro groups is 1. The minimum atomic E-state index is -0.468. The van der Waals surface area contributed by atoms with Crippen molar-refractivity contribution in [1.29, 1.82) is 0 Å². The van der Waals surface area contributed by atoms with Crippen LogP contribution in [0.4, 0.5) is 5.69 Å². The van der Waals surface area contributed by atoms with Gasteiger partial charge in [-0.25, -0.2) is 0 Å². The molecule has 3 rings (SSSR count). The summed E-state index contributed by atoms with van der Waals surface area (Å²) in [6, 6.07) is 15.5. The maximum Gasteiger partial charge on any atom is 0.270 e. The molecule has 0 saturated carbocycles. The number of para-hydroxylation sites is 1. The fourth-order valence-electron chi connectivity index (χ4n) is 2.25. The first-order chi connectivity index (χ1) is 12.1. The average molecular weight is 355 g/mol. The highest BCUT2D eigenvalue weighted by atomic mass is 32.2. The van der Waals surface area contributed by atoms with Gasteiger partial charge in [-0.15, -0.1) is 10.2 Å². The lowest BCUT2D eigenvalue weighted by Gasteiger charge is -2.09. The average Bonchev–Trinajstić information content (AvgIpc) is 3.04. The van der Waals surface area contributed by atoms with E-state index in [9.17, 15) is 14.9 Å². The monoisotopic (exact) mass is 355 g/mol. The van der Waals surface area contributed by atoms with Gasteiger partial charge in [0.1, 0.15) is 0 Å². The molecule has 2 N–H and O–H groups in total.